The number of hydrogen-bond acceptors (Lipinski definition) is 1. The standard InChI is InChI=1S/C12H16F2O/c1-12(2,15)10-6-3-9(4-7-10)5-8-11(13)14/h3-4,6-7,11,15H,5,8H2,1-2H3. The van der Waals surface area contributed by atoms with Crippen LogP contribution >= 0.6 is 0 Å². The summed E-state index contributed by atoms with van der Waals surface area (Å²) in [6.45, 7) is 3.39. The quantitative estimate of drug-likeness (QED) is 0.816. The Kier molecular flexibility index (Phi) is 3.80. The summed E-state index contributed by atoms with van der Waals surface area (Å²) >= 11 is 0. The van der Waals surface area contributed by atoms with Gasteiger partial charge in [-0.05, 0) is 31.4 Å². The first-order valence-corrected chi connectivity index (χ1v) is 4.99. The van der Waals surface area contributed by atoms with Gasteiger partial charge in [0, 0.05) is 6.42 Å². The predicted molar refractivity (Wildman–Crippen MR) is 56.0 cm³/mol. The molecule has 0 amide bonds. The first kappa shape index (κ1) is 12.1. The molecule has 0 atom stereocenters. The normalized spacial score (nSPS) is 12.1. The number of alkyl halides is 2. The minimum Gasteiger partial charge on any atom is -0.386 e. The van der Waals surface area contributed by atoms with E-state index in [2.05, 4.69) is 0 Å². The van der Waals surface area contributed by atoms with Crippen molar-refractivity contribution < 1.29 is 13.9 Å². The van der Waals surface area contributed by atoms with Crippen molar-refractivity contribution in [1.82, 2.24) is 0 Å². The number of aryl methyl sites for hydroxylation is 1. The van der Waals surface area contributed by atoms with Gasteiger partial charge in [-0.25, -0.2) is 8.78 Å². The Morgan fingerprint density at radius 1 is 1.20 bits per heavy atom. The molecule has 84 valence electrons. The number of hydrogen-bond donors (Lipinski definition) is 1. The fourth-order valence-corrected chi connectivity index (χ4v) is 1.36. The highest BCUT2D eigenvalue weighted by atomic mass is 19.3. The lowest BCUT2D eigenvalue weighted by Gasteiger charge is -2.17. The minimum atomic E-state index is -2.25. The molecule has 15 heavy (non-hydrogen) atoms. The SMILES string of the molecule is CC(C)(O)c1ccc(CCC(F)F)cc1. The van der Waals surface area contributed by atoms with Crippen LogP contribution in [0.1, 0.15) is 31.4 Å². The van der Waals surface area contributed by atoms with E-state index in [0.29, 0.717) is 6.42 Å². The van der Waals surface area contributed by atoms with Gasteiger partial charge in [-0.2, -0.15) is 0 Å². The van der Waals surface area contributed by atoms with E-state index in [0.717, 1.165) is 11.1 Å². The van der Waals surface area contributed by atoms with E-state index >= 15 is 0 Å². The summed E-state index contributed by atoms with van der Waals surface area (Å²) in [5.41, 5.74) is 0.799. The highest BCUT2D eigenvalue weighted by molar-refractivity contribution is 5.26. The molecule has 0 aliphatic carbocycles. The molecule has 0 saturated carbocycles. The Morgan fingerprint density at radius 3 is 2.13 bits per heavy atom. The van der Waals surface area contributed by atoms with Gasteiger partial charge in [-0.15, -0.1) is 0 Å². The highest BCUT2D eigenvalue weighted by Crippen LogP contribution is 2.20. The maximum atomic E-state index is 11.9. The largest absolute Gasteiger partial charge is 0.386 e. The first-order chi connectivity index (χ1) is 6.89. The molecule has 0 heterocycles. The summed E-state index contributed by atoms with van der Waals surface area (Å²) in [4.78, 5) is 0. The van der Waals surface area contributed by atoms with Gasteiger partial charge in [-0.3, -0.25) is 0 Å². The van der Waals surface area contributed by atoms with Gasteiger partial charge < -0.3 is 5.11 Å². The Labute approximate surface area is 88.7 Å². The second kappa shape index (κ2) is 4.71. The van der Waals surface area contributed by atoms with Crippen molar-refractivity contribution in [3.63, 3.8) is 0 Å². The molecule has 0 spiro atoms. The fourth-order valence-electron chi connectivity index (χ4n) is 1.36. The van der Waals surface area contributed by atoms with Crippen LogP contribution in [0.25, 0.3) is 0 Å². The lowest BCUT2D eigenvalue weighted by molar-refractivity contribution is 0.0785. The van der Waals surface area contributed by atoms with Crippen molar-refractivity contribution in [3.05, 3.63) is 35.4 Å². The third-order valence-corrected chi connectivity index (χ3v) is 2.31. The van der Waals surface area contributed by atoms with E-state index < -0.39 is 12.0 Å². The van der Waals surface area contributed by atoms with Crippen LogP contribution < -0.4 is 0 Å². The van der Waals surface area contributed by atoms with E-state index in [1.165, 1.54) is 0 Å². The van der Waals surface area contributed by atoms with Crippen molar-refractivity contribution in [2.45, 2.75) is 38.7 Å². The molecular formula is C12H16F2O. The molecule has 0 radical (unpaired) electrons. The maximum absolute atomic E-state index is 11.9. The molecule has 0 aliphatic rings. The van der Waals surface area contributed by atoms with E-state index in [-0.39, 0.29) is 6.42 Å². The first-order valence-electron chi connectivity index (χ1n) is 4.99. The zero-order valence-electron chi connectivity index (χ0n) is 9.00. The Hall–Kier alpha value is -0.960. The minimum absolute atomic E-state index is 0.109. The molecule has 0 saturated heterocycles. The van der Waals surface area contributed by atoms with Crippen molar-refractivity contribution in [2.24, 2.45) is 0 Å². The van der Waals surface area contributed by atoms with Crippen molar-refractivity contribution in [2.75, 3.05) is 0 Å². The summed E-state index contributed by atoms with van der Waals surface area (Å²) in [6.07, 6.45) is -1.98. The fraction of sp³-hybridized carbons (Fsp3) is 0.500. The molecule has 1 aromatic rings. The van der Waals surface area contributed by atoms with Crippen LogP contribution in [0.15, 0.2) is 24.3 Å². The van der Waals surface area contributed by atoms with Crippen LogP contribution in [0.5, 0.6) is 0 Å². The van der Waals surface area contributed by atoms with Gasteiger partial charge in [0.15, 0.2) is 0 Å². The van der Waals surface area contributed by atoms with E-state index in [9.17, 15) is 13.9 Å². The maximum Gasteiger partial charge on any atom is 0.239 e. The average molecular weight is 214 g/mol. The zero-order chi connectivity index (χ0) is 11.5. The van der Waals surface area contributed by atoms with Crippen LogP contribution in [-0.2, 0) is 12.0 Å². The molecule has 0 fully saturated rings. The third kappa shape index (κ3) is 3.96. The molecule has 1 nitrogen and oxygen atoms in total. The van der Waals surface area contributed by atoms with Crippen LogP contribution in [-0.4, -0.2) is 11.5 Å². The van der Waals surface area contributed by atoms with Gasteiger partial charge in [0.05, 0.1) is 5.60 Å². The lowest BCUT2D eigenvalue weighted by Crippen LogP contribution is -2.15. The number of aliphatic hydroxyl groups is 1. The summed E-state index contributed by atoms with van der Waals surface area (Å²) < 4.78 is 23.9. The topological polar surface area (TPSA) is 20.2 Å². The summed E-state index contributed by atoms with van der Waals surface area (Å²) in [5.74, 6) is 0. The molecular weight excluding hydrogens is 198 g/mol. The van der Waals surface area contributed by atoms with Gasteiger partial charge >= 0.3 is 0 Å². The van der Waals surface area contributed by atoms with E-state index in [1.54, 1.807) is 38.1 Å². The molecule has 0 unspecified atom stereocenters. The summed E-state index contributed by atoms with van der Waals surface area (Å²) in [5, 5.41) is 9.68. The van der Waals surface area contributed by atoms with Crippen LogP contribution in [0.2, 0.25) is 0 Å². The molecule has 1 rings (SSSR count). The monoisotopic (exact) mass is 214 g/mol. The molecule has 0 bridgehead atoms. The third-order valence-electron chi connectivity index (χ3n) is 2.31. The zero-order valence-corrected chi connectivity index (χ0v) is 9.00. The average Bonchev–Trinajstić information content (AvgIpc) is 2.14. The highest BCUT2D eigenvalue weighted by Gasteiger charge is 2.15. The number of benzene rings is 1. The van der Waals surface area contributed by atoms with Crippen LogP contribution in [0.4, 0.5) is 8.78 Å². The molecule has 1 N–H and O–H groups in total. The van der Waals surface area contributed by atoms with Gasteiger partial charge in [0.2, 0.25) is 6.43 Å². The van der Waals surface area contributed by atoms with Crippen molar-refractivity contribution in [3.8, 4) is 0 Å². The second-order valence-electron chi connectivity index (χ2n) is 4.19. The number of halogens is 2. The Bertz CT molecular complexity index is 298. The summed E-state index contributed by atoms with van der Waals surface area (Å²) in [7, 11) is 0. The molecule has 0 aliphatic heterocycles. The lowest BCUT2D eigenvalue weighted by atomic mass is 9.96. The summed E-state index contributed by atoms with van der Waals surface area (Å²) in [6, 6.07) is 7.13. The van der Waals surface area contributed by atoms with Gasteiger partial charge in [-0.1, -0.05) is 24.3 Å². The molecule has 1 aromatic carbocycles. The van der Waals surface area contributed by atoms with E-state index in [1.807, 2.05) is 0 Å². The Balaban J connectivity index is 2.65. The van der Waals surface area contributed by atoms with Crippen LogP contribution in [0, 0.1) is 0 Å². The predicted octanol–water partition coefficient (Wildman–Crippen LogP) is 3.11. The smallest absolute Gasteiger partial charge is 0.239 e. The second-order valence-corrected chi connectivity index (χ2v) is 4.19. The number of rotatable bonds is 4. The van der Waals surface area contributed by atoms with Crippen LogP contribution in [0.3, 0.4) is 0 Å². The van der Waals surface area contributed by atoms with Gasteiger partial charge in [0.25, 0.3) is 0 Å². The van der Waals surface area contributed by atoms with Crippen molar-refractivity contribution in [1.29, 1.82) is 0 Å². The van der Waals surface area contributed by atoms with Gasteiger partial charge in [0.1, 0.15) is 0 Å². The molecule has 0 aromatic heterocycles. The Morgan fingerprint density at radius 2 is 1.73 bits per heavy atom. The molecule has 3 heteroatoms. The van der Waals surface area contributed by atoms with E-state index in [4.69, 9.17) is 0 Å². The van der Waals surface area contributed by atoms with Crippen molar-refractivity contribution >= 4 is 0 Å².